The zero-order valence-electron chi connectivity index (χ0n) is 12.1. The highest BCUT2D eigenvalue weighted by Crippen LogP contribution is 2.22. The molecule has 5 nitrogen and oxygen atoms in total. The van der Waals surface area contributed by atoms with Crippen molar-refractivity contribution < 1.29 is 9.59 Å². The SMILES string of the molecule is CNCC(=O)N1CCN(C(=O)c2ccc(Cl)cc2Cl)CC1.Cl. The molecule has 0 atom stereocenters. The predicted molar refractivity (Wildman–Crippen MR) is 90.1 cm³/mol. The Bertz CT molecular complexity index is 546. The van der Waals surface area contributed by atoms with Gasteiger partial charge in [-0.3, -0.25) is 9.59 Å². The van der Waals surface area contributed by atoms with E-state index >= 15 is 0 Å². The Labute approximate surface area is 145 Å². The second kappa shape index (κ2) is 8.58. The summed E-state index contributed by atoms with van der Waals surface area (Å²) in [6.45, 7) is 2.41. The van der Waals surface area contributed by atoms with Crippen LogP contribution in [0, 0.1) is 0 Å². The maximum absolute atomic E-state index is 12.4. The highest BCUT2D eigenvalue weighted by atomic mass is 35.5. The zero-order valence-corrected chi connectivity index (χ0v) is 14.5. The summed E-state index contributed by atoms with van der Waals surface area (Å²) in [5.41, 5.74) is 0.441. The largest absolute Gasteiger partial charge is 0.338 e. The van der Waals surface area contributed by atoms with Gasteiger partial charge in [0.25, 0.3) is 5.91 Å². The van der Waals surface area contributed by atoms with Crippen LogP contribution in [0.1, 0.15) is 10.4 Å². The van der Waals surface area contributed by atoms with Gasteiger partial charge in [-0.25, -0.2) is 0 Å². The number of hydrogen-bond acceptors (Lipinski definition) is 3. The quantitative estimate of drug-likeness (QED) is 0.889. The molecule has 1 saturated heterocycles. The zero-order chi connectivity index (χ0) is 15.4. The summed E-state index contributed by atoms with van der Waals surface area (Å²) in [4.78, 5) is 27.6. The van der Waals surface area contributed by atoms with Gasteiger partial charge in [0.1, 0.15) is 0 Å². The summed E-state index contributed by atoms with van der Waals surface area (Å²) in [5, 5.41) is 3.68. The van der Waals surface area contributed by atoms with Crippen LogP contribution in [0.5, 0.6) is 0 Å². The molecule has 2 amide bonds. The molecule has 0 aliphatic carbocycles. The summed E-state index contributed by atoms with van der Waals surface area (Å²) < 4.78 is 0. The van der Waals surface area contributed by atoms with E-state index in [1.165, 1.54) is 0 Å². The molecular formula is C14H18Cl3N3O2. The van der Waals surface area contributed by atoms with Crippen LogP contribution in [0.25, 0.3) is 0 Å². The summed E-state index contributed by atoms with van der Waals surface area (Å²) in [6.07, 6.45) is 0. The van der Waals surface area contributed by atoms with Crippen LogP contribution in [-0.2, 0) is 4.79 Å². The highest BCUT2D eigenvalue weighted by Gasteiger charge is 2.25. The Morgan fingerprint density at radius 2 is 1.73 bits per heavy atom. The molecular weight excluding hydrogens is 349 g/mol. The third-order valence-corrected chi connectivity index (χ3v) is 3.96. The number of nitrogens with one attached hydrogen (secondary N) is 1. The molecule has 1 aromatic rings. The topological polar surface area (TPSA) is 52.7 Å². The molecule has 0 radical (unpaired) electrons. The van der Waals surface area contributed by atoms with Crippen LogP contribution in [0.3, 0.4) is 0 Å². The van der Waals surface area contributed by atoms with E-state index in [-0.39, 0.29) is 24.2 Å². The van der Waals surface area contributed by atoms with E-state index in [1.54, 1.807) is 35.0 Å². The predicted octanol–water partition coefficient (Wildman–Crippen LogP) is 1.92. The number of nitrogens with zero attached hydrogens (tertiary/aromatic N) is 2. The number of carbonyl (C=O) groups is 2. The van der Waals surface area contributed by atoms with E-state index in [1.807, 2.05) is 0 Å². The Hall–Kier alpha value is -1.01. The van der Waals surface area contributed by atoms with Crippen LogP contribution in [-0.4, -0.2) is 61.4 Å². The molecule has 8 heteroatoms. The molecule has 0 unspecified atom stereocenters. The molecule has 0 saturated carbocycles. The van der Waals surface area contributed by atoms with Gasteiger partial charge in [0.2, 0.25) is 5.91 Å². The summed E-state index contributed by atoms with van der Waals surface area (Å²) in [6, 6.07) is 4.84. The van der Waals surface area contributed by atoms with Gasteiger partial charge in [-0.15, -0.1) is 12.4 Å². The van der Waals surface area contributed by atoms with E-state index in [2.05, 4.69) is 5.32 Å². The number of benzene rings is 1. The highest BCUT2D eigenvalue weighted by molar-refractivity contribution is 6.36. The van der Waals surface area contributed by atoms with E-state index in [4.69, 9.17) is 23.2 Å². The Kier molecular flexibility index (Phi) is 7.42. The average molecular weight is 367 g/mol. The van der Waals surface area contributed by atoms with Crippen molar-refractivity contribution in [3.8, 4) is 0 Å². The van der Waals surface area contributed by atoms with E-state index in [0.29, 0.717) is 48.3 Å². The van der Waals surface area contributed by atoms with Gasteiger partial charge in [0, 0.05) is 31.2 Å². The van der Waals surface area contributed by atoms with Gasteiger partial charge in [-0.05, 0) is 25.2 Å². The lowest BCUT2D eigenvalue weighted by molar-refractivity contribution is -0.131. The first-order valence-electron chi connectivity index (χ1n) is 6.69. The minimum atomic E-state index is -0.127. The van der Waals surface area contributed by atoms with E-state index in [9.17, 15) is 9.59 Å². The fourth-order valence-corrected chi connectivity index (χ4v) is 2.74. The summed E-state index contributed by atoms with van der Waals surface area (Å²) >= 11 is 11.9. The molecule has 22 heavy (non-hydrogen) atoms. The smallest absolute Gasteiger partial charge is 0.255 e. The molecule has 0 bridgehead atoms. The maximum atomic E-state index is 12.4. The molecule has 1 aliphatic rings. The standard InChI is InChI=1S/C14H17Cl2N3O2.ClH/c1-17-9-13(20)18-4-6-19(7-5-18)14(21)11-3-2-10(15)8-12(11)16;/h2-3,8,17H,4-7,9H2,1H3;1H. The van der Waals surface area contributed by atoms with Gasteiger partial charge in [-0.1, -0.05) is 23.2 Å². The Morgan fingerprint density at radius 1 is 1.14 bits per heavy atom. The van der Waals surface area contributed by atoms with Crippen molar-refractivity contribution in [3.63, 3.8) is 0 Å². The van der Waals surface area contributed by atoms with Crippen molar-refractivity contribution in [2.24, 2.45) is 0 Å². The third kappa shape index (κ3) is 4.49. The van der Waals surface area contributed by atoms with Crippen molar-refractivity contribution >= 4 is 47.4 Å². The lowest BCUT2D eigenvalue weighted by Gasteiger charge is -2.35. The number of piperazine rings is 1. The fraction of sp³-hybridized carbons (Fsp3) is 0.429. The second-order valence-electron chi connectivity index (χ2n) is 4.83. The number of rotatable bonds is 3. The minimum Gasteiger partial charge on any atom is -0.338 e. The van der Waals surface area contributed by atoms with Crippen molar-refractivity contribution in [1.29, 1.82) is 0 Å². The number of carbonyl (C=O) groups excluding carboxylic acids is 2. The van der Waals surface area contributed by atoms with Crippen LogP contribution in [0.2, 0.25) is 10.0 Å². The molecule has 1 aromatic carbocycles. The monoisotopic (exact) mass is 365 g/mol. The lowest BCUT2D eigenvalue weighted by Crippen LogP contribution is -2.52. The third-order valence-electron chi connectivity index (χ3n) is 3.41. The van der Waals surface area contributed by atoms with Gasteiger partial charge in [0.15, 0.2) is 0 Å². The molecule has 1 N–H and O–H groups in total. The summed E-state index contributed by atoms with van der Waals surface area (Å²) in [5.74, 6) is -0.0773. The molecule has 2 rings (SSSR count). The van der Waals surface area contributed by atoms with E-state index in [0.717, 1.165) is 0 Å². The molecule has 0 aromatic heterocycles. The van der Waals surface area contributed by atoms with Crippen molar-refractivity contribution in [1.82, 2.24) is 15.1 Å². The van der Waals surface area contributed by atoms with Gasteiger partial charge in [-0.2, -0.15) is 0 Å². The molecule has 1 aliphatic heterocycles. The average Bonchev–Trinajstić information content (AvgIpc) is 2.47. The van der Waals surface area contributed by atoms with Gasteiger partial charge in [0.05, 0.1) is 17.1 Å². The van der Waals surface area contributed by atoms with Gasteiger partial charge < -0.3 is 15.1 Å². The van der Waals surface area contributed by atoms with Crippen LogP contribution < -0.4 is 5.32 Å². The number of amides is 2. The van der Waals surface area contributed by atoms with Crippen LogP contribution in [0.15, 0.2) is 18.2 Å². The molecule has 122 valence electrons. The molecule has 1 fully saturated rings. The first kappa shape index (κ1) is 19.0. The first-order chi connectivity index (χ1) is 10.0. The summed E-state index contributed by atoms with van der Waals surface area (Å²) in [7, 11) is 1.74. The normalized spacial score (nSPS) is 14.5. The first-order valence-corrected chi connectivity index (χ1v) is 7.45. The maximum Gasteiger partial charge on any atom is 0.255 e. The van der Waals surface area contributed by atoms with Crippen molar-refractivity contribution in [2.45, 2.75) is 0 Å². The molecule has 1 heterocycles. The lowest BCUT2D eigenvalue weighted by atomic mass is 10.1. The Balaban J connectivity index is 0.00000242. The molecule has 0 spiro atoms. The fourth-order valence-electron chi connectivity index (χ4n) is 2.26. The van der Waals surface area contributed by atoms with Gasteiger partial charge >= 0.3 is 0 Å². The van der Waals surface area contributed by atoms with Crippen molar-refractivity contribution in [3.05, 3.63) is 33.8 Å². The van der Waals surface area contributed by atoms with E-state index < -0.39 is 0 Å². The van der Waals surface area contributed by atoms with Crippen LogP contribution in [0.4, 0.5) is 0 Å². The number of halogens is 3. The van der Waals surface area contributed by atoms with Crippen molar-refractivity contribution in [2.75, 3.05) is 39.8 Å². The van der Waals surface area contributed by atoms with Crippen LogP contribution >= 0.6 is 35.6 Å². The number of likely N-dealkylation sites (N-methyl/N-ethyl adjacent to an activating group) is 1. The second-order valence-corrected chi connectivity index (χ2v) is 5.67. The number of hydrogen-bond donors (Lipinski definition) is 1. The minimum absolute atomic E-state index is 0. The Morgan fingerprint density at radius 3 is 2.27 bits per heavy atom.